The fraction of sp³-hybridized carbons (Fsp3) is 0.455. The Kier molecular flexibility index (Phi) is 3.62. The predicted molar refractivity (Wildman–Crippen MR) is 58.8 cm³/mol. The lowest BCUT2D eigenvalue weighted by Gasteiger charge is -2.08. The van der Waals surface area contributed by atoms with E-state index in [0.717, 1.165) is 17.8 Å². The molecule has 0 aliphatic heterocycles. The van der Waals surface area contributed by atoms with Crippen molar-refractivity contribution in [1.29, 1.82) is 0 Å². The molecule has 1 atom stereocenters. The molecule has 0 N–H and O–H groups in total. The van der Waals surface area contributed by atoms with E-state index in [1.165, 1.54) is 0 Å². The number of aliphatic imine (C=N–C) groups is 2. The van der Waals surface area contributed by atoms with E-state index >= 15 is 0 Å². The number of hydrogen-bond donors (Lipinski definition) is 0. The average Bonchev–Trinajstić information content (AvgIpc) is 2.18. The number of rotatable bonds is 2. The minimum Gasteiger partial charge on any atom is -0.286 e. The summed E-state index contributed by atoms with van der Waals surface area (Å²) in [5.41, 5.74) is 1.97. The molecule has 70 valence electrons. The molecular weight excluding hydrogens is 160 g/mol. The third-order valence-electron chi connectivity index (χ3n) is 2.07. The van der Waals surface area contributed by atoms with Crippen LogP contribution in [-0.4, -0.2) is 24.5 Å². The Bertz CT molecular complexity index is 282. The van der Waals surface area contributed by atoms with Crippen LogP contribution in [0.3, 0.4) is 0 Å². The van der Waals surface area contributed by atoms with Gasteiger partial charge in [-0.25, -0.2) is 0 Å². The summed E-state index contributed by atoms with van der Waals surface area (Å²) in [6.45, 7) is 4.26. The van der Waals surface area contributed by atoms with E-state index in [-0.39, 0.29) is 0 Å². The minimum atomic E-state index is 0.378. The lowest BCUT2D eigenvalue weighted by Crippen LogP contribution is -2.14. The molecule has 2 heteroatoms. The third-order valence-corrected chi connectivity index (χ3v) is 2.07. The van der Waals surface area contributed by atoms with Crippen molar-refractivity contribution in [3.05, 3.63) is 24.3 Å². The van der Waals surface area contributed by atoms with Crippen LogP contribution >= 0.6 is 0 Å². The van der Waals surface area contributed by atoms with E-state index in [2.05, 4.69) is 23.8 Å². The van der Waals surface area contributed by atoms with Gasteiger partial charge in [0.25, 0.3) is 0 Å². The highest BCUT2D eigenvalue weighted by atomic mass is 14.8. The SMILES string of the molecule is CCC(C)/N=C1/C=CC=C/C1=N/C. The van der Waals surface area contributed by atoms with Gasteiger partial charge in [-0.3, -0.25) is 9.98 Å². The van der Waals surface area contributed by atoms with Crippen LogP contribution in [0.5, 0.6) is 0 Å². The molecule has 0 fully saturated rings. The second-order valence-corrected chi connectivity index (χ2v) is 3.10. The molecule has 1 rings (SSSR count). The Morgan fingerprint density at radius 2 is 1.85 bits per heavy atom. The molecular formula is C11H16N2. The molecule has 0 heterocycles. The fourth-order valence-corrected chi connectivity index (χ4v) is 1.09. The molecule has 0 aromatic heterocycles. The number of hydrogen-bond acceptors (Lipinski definition) is 2. The summed E-state index contributed by atoms with van der Waals surface area (Å²) in [7, 11) is 1.80. The van der Waals surface area contributed by atoms with E-state index in [9.17, 15) is 0 Å². The van der Waals surface area contributed by atoms with Crippen molar-refractivity contribution < 1.29 is 0 Å². The van der Waals surface area contributed by atoms with E-state index in [0.29, 0.717) is 6.04 Å². The lowest BCUT2D eigenvalue weighted by molar-refractivity contribution is 0.719. The third kappa shape index (κ3) is 2.65. The van der Waals surface area contributed by atoms with Gasteiger partial charge in [0.1, 0.15) is 0 Å². The van der Waals surface area contributed by atoms with Gasteiger partial charge in [0.2, 0.25) is 0 Å². The molecule has 0 amide bonds. The molecule has 0 aromatic rings. The van der Waals surface area contributed by atoms with Crippen LogP contribution in [0.1, 0.15) is 20.3 Å². The first-order valence-electron chi connectivity index (χ1n) is 4.67. The summed E-state index contributed by atoms with van der Waals surface area (Å²) >= 11 is 0. The van der Waals surface area contributed by atoms with Crippen molar-refractivity contribution in [2.75, 3.05) is 7.05 Å². The first-order valence-corrected chi connectivity index (χ1v) is 4.67. The quantitative estimate of drug-likeness (QED) is 0.577. The summed E-state index contributed by atoms with van der Waals surface area (Å²) in [4.78, 5) is 8.72. The molecule has 1 unspecified atom stereocenters. The Hall–Kier alpha value is -1.18. The Labute approximate surface area is 79.8 Å². The zero-order valence-electron chi connectivity index (χ0n) is 8.49. The summed E-state index contributed by atoms with van der Waals surface area (Å²) in [5.74, 6) is 0. The summed E-state index contributed by atoms with van der Waals surface area (Å²) in [6.07, 6.45) is 9.04. The molecule has 2 nitrogen and oxygen atoms in total. The van der Waals surface area contributed by atoms with Gasteiger partial charge in [-0.05, 0) is 25.5 Å². The van der Waals surface area contributed by atoms with Crippen molar-refractivity contribution in [3.63, 3.8) is 0 Å². The van der Waals surface area contributed by atoms with Crippen LogP contribution < -0.4 is 0 Å². The van der Waals surface area contributed by atoms with Crippen LogP contribution in [0.25, 0.3) is 0 Å². The van der Waals surface area contributed by atoms with Crippen molar-refractivity contribution in [3.8, 4) is 0 Å². The molecule has 0 saturated carbocycles. The van der Waals surface area contributed by atoms with Gasteiger partial charge in [0.05, 0.1) is 11.4 Å². The molecule has 0 radical (unpaired) electrons. The molecule has 1 aliphatic rings. The zero-order valence-corrected chi connectivity index (χ0v) is 8.49. The van der Waals surface area contributed by atoms with E-state index in [4.69, 9.17) is 0 Å². The van der Waals surface area contributed by atoms with Crippen LogP contribution in [0.15, 0.2) is 34.3 Å². The van der Waals surface area contributed by atoms with Crippen LogP contribution in [0.4, 0.5) is 0 Å². The molecule has 1 aliphatic carbocycles. The predicted octanol–water partition coefficient (Wildman–Crippen LogP) is 2.42. The maximum absolute atomic E-state index is 4.55. The average molecular weight is 176 g/mol. The normalized spacial score (nSPS) is 24.2. The fourth-order valence-electron chi connectivity index (χ4n) is 1.09. The highest BCUT2D eigenvalue weighted by Gasteiger charge is 2.05. The van der Waals surface area contributed by atoms with Crippen LogP contribution in [0.2, 0.25) is 0 Å². The van der Waals surface area contributed by atoms with Gasteiger partial charge in [-0.15, -0.1) is 0 Å². The summed E-state index contributed by atoms with van der Waals surface area (Å²) < 4.78 is 0. The molecule has 0 bridgehead atoms. The van der Waals surface area contributed by atoms with Gasteiger partial charge in [0, 0.05) is 13.1 Å². The minimum absolute atomic E-state index is 0.378. The maximum atomic E-state index is 4.55. The van der Waals surface area contributed by atoms with E-state index in [1.807, 2.05) is 24.3 Å². The van der Waals surface area contributed by atoms with Crippen LogP contribution in [-0.2, 0) is 0 Å². The maximum Gasteiger partial charge on any atom is 0.0829 e. The summed E-state index contributed by atoms with van der Waals surface area (Å²) in [5, 5.41) is 0. The summed E-state index contributed by atoms with van der Waals surface area (Å²) in [6, 6.07) is 0.378. The monoisotopic (exact) mass is 176 g/mol. The van der Waals surface area contributed by atoms with E-state index < -0.39 is 0 Å². The van der Waals surface area contributed by atoms with Gasteiger partial charge in [0.15, 0.2) is 0 Å². The van der Waals surface area contributed by atoms with Crippen molar-refractivity contribution in [1.82, 2.24) is 0 Å². The molecule has 0 spiro atoms. The first kappa shape index (κ1) is 9.90. The van der Waals surface area contributed by atoms with Crippen LogP contribution in [0, 0.1) is 0 Å². The Balaban J connectivity index is 2.85. The van der Waals surface area contributed by atoms with Gasteiger partial charge in [-0.1, -0.05) is 19.1 Å². The topological polar surface area (TPSA) is 24.7 Å². The first-order chi connectivity index (χ1) is 6.27. The van der Waals surface area contributed by atoms with Crippen molar-refractivity contribution in [2.24, 2.45) is 9.98 Å². The second kappa shape index (κ2) is 4.75. The zero-order chi connectivity index (χ0) is 9.68. The number of allylic oxidation sites excluding steroid dienone is 4. The Morgan fingerprint density at radius 3 is 2.38 bits per heavy atom. The largest absolute Gasteiger partial charge is 0.286 e. The van der Waals surface area contributed by atoms with Crippen molar-refractivity contribution >= 4 is 11.4 Å². The van der Waals surface area contributed by atoms with Gasteiger partial charge in [-0.2, -0.15) is 0 Å². The standard InChI is InChI=1S/C11H16N2/c1-4-9(2)13-11-8-6-5-7-10(11)12-3/h5-9H,4H2,1-3H3/b12-10-,13-11-. The van der Waals surface area contributed by atoms with Gasteiger partial charge < -0.3 is 0 Å². The van der Waals surface area contributed by atoms with E-state index in [1.54, 1.807) is 7.05 Å². The second-order valence-electron chi connectivity index (χ2n) is 3.10. The van der Waals surface area contributed by atoms with Crippen molar-refractivity contribution in [2.45, 2.75) is 26.3 Å². The molecule has 0 aromatic carbocycles. The smallest absolute Gasteiger partial charge is 0.0829 e. The molecule has 0 saturated heterocycles. The molecule has 13 heavy (non-hydrogen) atoms. The highest BCUT2D eigenvalue weighted by molar-refractivity contribution is 6.51. The Morgan fingerprint density at radius 1 is 1.23 bits per heavy atom. The number of nitrogens with zero attached hydrogens (tertiary/aromatic N) is 2. The lowest BCUT2D eigenvalue weighted by atomic mass is 10.1. The highest BCUT2D eigenvalue weighted by Crippen LogP contribution is 2.03. The van der Waals surface area contributed by atoms with Gasteiger partial charge >= 0.3 is 0 Å².